The summed E-state index contributed by atoms with van der Waals surface area (Å²) >= 11 is 0. The van der Waals surface area contributed by atoms with Crippen LogP contribution in [-0.2, 0) is 13.0 Å². The average Bonchev–Trinajstić information content (AvgIpc) is 2.66. The summed E-state index contributed by atoms with van der Waals surface area (Å²) in [5.74, 6) is 0.673. The topological polar surface area (TPSA) is 17.0 Å². The normalized spacial score (nSPS) is 12.5. The second-order valence-corrected chi connectivity index (χ2v) is 7.14. The quantitative estimate of drug-likeness (QED) is 0.862. The molecule has 0 bridgehead atoms. The van der Waals surface area contributed by atoms with Gasteiger partial charge in [-0.05, 0) is 51.3 Å². The summed E-state index contributed by atoms with van der Waals surface area (Å²) in [7, 11) is 0. The Morgan fingerprint density at radius 1 is 1.15 bits per heavy atom. The van der Waals surface area contributed by atoms with Gasteiger partial charge in [0.25, 0.3) is 0 Å². The van der Waals surface area contributed by atoms with Crippen molar-refractivity contribution in [1.82, 2.24) is 9.88 Å². The molecule has 0 spiro atoms. The van der Waals surface area contributed by atoms with E-state index in [9.17, 15) is 0 Å². The molecule has 0 aliphatic heterocycles. The van der Waals surface area contributed by atoms with Crippen molar-refractivity contribution in [2.75, 3.05) is 6.54 Å². The van der Waals surface area contributed by atoms with E-state index in [1.807, 2.05) is 0 Å². The molecule has 20 heavy (non-hydrogen) atoms. The van der Waals surface area contributed by atoms with Crippen molar-refractivity contribution in [3.8, 4) is 0 Å². The van der Waals surface area contributed by atoms with Gasteiger partial charge in [0.05, 0.1) is 0 Å². The first-order valence-corrected chi connectivity index (χ1v) is 7.68. The maximum absolute atomic E-state index is 3.58. The van der Waals surface area contributed by atoms with Gasteiger partial charge in [-0.3, -0.25) is 0 Å². The van der Waals surface area contributed by atoms with Gasteiger partial charge < -0.3 is 9.88 Å². The van der Waals surface area contributed by atoms with Gasteiger partial charge in [-0.15, -0.1) is 0 Å². The van der Waals surface area contributed by atoms with E-state index in [1.165, 1.54) is 16.5 Å². The Morgan fingerprint density at radius 2 is 1.85 bits per heavy atom. The Hall–Kier alpha value is -1.28. The molecule has 110 valence electrons. The van der Waals surface area contributed by atoms with Gasteiger partial charge in [-0.25, -0.2) is 0 Å². The highest BCUT2D eigenvalue weighted by molar-refractivity contribution is 5.84. The minimum Gasteiger partial charge on any atom is -0.347 e. The number of nitrogens with zero attached hydrogens (tertiary/aromatic N) is 1. The van der Waals surface area contributed by atoms with Crippen molar-refractivity contribution in [2.24, 2.45) is 5.92 Å². The minimum atomic E-state index is 0.191. The summed E-state index contributed by atoms with van der Waals surface area (Å²) < 4.78 is 2.41. The van der Waals surface area contributed by atoms with Crippen molar-refractivity contribution in [1.29, 1.82) is 0 Å². The number of hydrogen-bond donors (Lipinski definition) is 1. The standard InChI is InChI=1S/C18H28N2/c1-14(2)12-20-13-15(10-11-19-18(3,4)5)16-8-6-7-9-17(16)20/h6-9,13-14,19H,10-12H2,1-5H3. The number of para-hydroxylation sites is 1. The predicted octanol–water partition coefficient (Wildman–Crippen LogP) is 4.23. The Bertz CT molecular complexity index is 558. The first-order chi connectivity index (χ1) is 9.37. The van der Waals surface area contributed by atoms with Crippen LogP contribution in [0.15, 0.2) is 30.5 Å². The Morgan fingerprint density at radius 3 is 2.50 bits per heavy atom. The van der Waals surface area contributed by atoms with E-state index >= 15 is 0 Å². The van der Waals surface area contributed by atoms with Crippen LogP contribution in [0.1, 0.15) is 40.2 Å². The maximum atomic E-state index is 3.58. The molecule has 1 N–H and O–H groups in total. The van der Waals surface area contributed by atoms with Gasteiger partial charge >= 0.3 is 0 Å². The summed E-state index contributed by atoms with van der Waals surface area (Å²) in [6.45, 7) is 13.3. The Labute approximate surface area is 123 Å². The van der Waals surface area contributed by atoms with Crippen molar-refractivity contribution in [2.45, 2.75) is 53.1 Å². The van der Waals surface area contributed by atoms with Crippen LogP contribution in [0.4, 0.5) is 0 Å². The fourth-order valence-corrected chi connectivity index (χ4v) is 2.64. The van der Waals surface area contributed by atoms with E-state index in [0.717, 1.165) is 19.5 Å². The maximum Gasteiger partial charge on any atom is 0.0483 e. The van der Waals surface area contributed by atoms with Crippen LogP contribution in [0.3, 0.4) is 0 Å². The largest absolute Gasteiger partial charge is 0.347 e. The fraction of sp³-hybridized carbons (Fsp3) is 0.556. The molecule has 0 aliphatic carbocycles. The number of rotatable bonds is 5. The molecule has 0 saturated heterocycles. The second-order valence-electron chi connectivity index (χ2n) is 7.14. The van der Waals surface area contributed by atoms with E-state index in [4.69, 9.17) is 0 Å². The zero-order chi connectivity index (χ0) is 14.8. The lowest BCUT2D eigenvalue weighted by molar-refractivity contribution is 0.429. The molecular formula is C18H28N2. The van der Waals surface area contributed by atoms with Gasteiger partial charge in [0.1, 0.15) is 0 Å². The van der Waals surface area contributed by atoms with E-state index in [2.05, 4.69) is 75.0 Å². The van der Waals surface area contributed by atoms with E-state index < -0.39 is 0 Å². The molecular weight excluding hydrogens is 244 g/mol. The molecule has 2 heteroatoms. The summed E-state index contributed by atoms with van der Waals surface area (Å²) in [6.07, 6.45) is 3.43. The molecule has 0 fully saturated rings. The minimum absolute atomic E-state index is 0.191. The number of hydrogen-bond acceptors (Lipinski definition) is 1. The number of aromatic nitrogens is 1. The summed E-state index contributed by atoms with van der Waals surface area (Å²) in [5, 5.41) is 4.98. The molecule has 0 saturated carbocycles. The third-order valence-corrected chi connectivity index (χ3v) is 3.48. The van der Waals surface area contributed by atoms with Crippen molar-refractivity contribution in [3.05, 3.63) is 36.0 Å². The Kier molecular flexibility index (Phi) is 4.54. The predicted molar refractivity (Wildman–Crippen MR) is 88.2 cm³/mol. The fourth-order valence-electron chi connectivity index (χ4n) is 2.64. The van der Waals surface area contributed by atoms with Crippen LogP contribution >= 0.6 is 0 Å². The highest BCUT2D eigenvalue weighted by Crippen LogP contribution is 2.22. The molecule has 1 aromatic heterocycles. The van der Waals surface area contributed by atoms with Gasteiger partial charge in [0.2, 0.25) is 0 Å². The molecule has 2 nitrogen and oxygen atoms in total. The zero-order valence-electron chi connectivity index (χ0n) is 13.5. The van der Waals surface area contributed by atoms with Crippen LogP contribution in [0.5, 0.6) is 0 Å². The average molecular weight is 272 g/mol. The van der Waals surface area contributed by atoms with Crippen molar-refractivity contribution < 1.29 is 0 Å². The van der Waals surface area contributed by atoms with Gasteiger partial charge in [-0.1, -0.05) is 32.0 Å². The van der Waals surface area contributed by atoms with Crippen molar-refractivity contribution >= 4 is 10.9 Å². The van der Waals surface area contributed by atoms with E-state index in [1.54, 1.807) is 0 Å². The molecule has 0 atom stereocenters. The van der Waals surface area contributed by atoms with Crippen molar-refractivity contribution in [3.63, 3.8) is 0 Å². The van der Waals surface area contributed by atoms with Gasteiger partial charge in [-0.2, -0.15) is 0 Å². The van der Waals surface area contributed by atoms with E-state index in [0.29, 0.717) is 5.92 Å². The highest BCUT2D eigenvalue weighted by Gasteiger charge is 2.11. The lowest BCUT2D eigenvalue weighted by Gasteiger charge is -2.20. The lowest BCUT2D eigenvalue weighted by atomic mass is 10.1. The molecule has 1 aromatic carbocycles. The third kappa shape index (κ3) is 3.86. The molecule has 0 unspecified atom stereocenters. The van der Waals surface area contributed by atoms with Crippen LogP contribution in [0, 0.1) is 5.92 Å². The van der Waals surface area contributed by atoms with Crippen LogP contribution in [0.2, 0.25) is 0 Å². The molecule has 0 amide bonds. The smallest absolute Gasteiger partial charge is 0.0483 e. The van der Waals surface area contributed by atoms with Crippen LogP contribution in [-0.4, -0.2) is 16.7 Å². The first-order valence-electron chi connectivity index (χ1n) is 7.68. The van der Waals surface area contributed by atoms with Crippen LogP contribution < -0.4 is 5.32 Å². The SMILES string of the molecule is CC(C)Cn1cc(CCNC(C)(C)C)c2ccccc21. The van der Waals surface area contributed by atoms with Crippen LogP contribution in [0.25, 0.3) is 10.9 Å². The van der Waals surface area contributed by atoms with Gasteiger partial charge in [0, 0.05) is 29.2 Å². The monoisotopic (exact) mass is 272 g/mol. The van der Waals surface area contributed by atoms with E-state index in [-0.39, 0.29) is 5.54 Å². The first kappa shape index (κ1) is 15.1. The molecule has 1 heterocycles. The zero-order valence-corrected chi connectivity index (χ0v) is 13.5. The highest BCUT2D eigenvalue weighted by atomic mass is 15.0. The molecule has 0 radical (unpaired) electrons. The number of fused-ring (bicyclic) bond motifs is 1. The Balaban J connectivity index is 2.20. The molecule has 0 aliphatic rings. The molecule has 2 rings (SSSR count). The molecule has 2 aromatic rings. The summed E-state index contributed by atoms with van der Waals surface area (Å²) in [4.78, 5) is 0. The summed E-state index contributed by atoms with van der Waals surface area (Å²) in [6, 6.07) is 8.76. The lowest BCUT2D eigenvalue weighted by Crippen LogP contribution is -2.37. The van der Waals surface area contributed by atoms with Gasteiger partial charge in [0.15, 0.2) is 0 Å². The number of nitrogens with one attached hydrogen (secondary N) is 1. The summed E-state index contributed by atoms with van der Waals surface area (Å²) in [5.41, 5.74) is 3.01. The number of benzene rings is 1. The third-order valence-electron chi connectivity index (χ3n) is 3.48. The second kappa shape index (κ2) is 6.01.